The van der Waals surface area contributed by atoms with Crippen LogP contribution in [0.2, 0.25) is 0 Å². The molecule has 1 aromatic carbocycles. The highest BCUT2D eigenvalue weighted by atomic mass is 16.4. The lowest BCUT2D eigenvalue weighted by Crippen LogP contribution is -2.55. The minimum atomic E-state index is -0.773. The van der Waals surface area contributed by atoms with Crippen molar-refractivity contribution >= 4 is 17.7 Å². The second-order valence-corrected chi connectivity index (χ2v) is 7.45. The molecule has 25 heavy (non-hydrogen) atoms. The zero-order valence-electron chi connectivity index (χ0n) is 14.9. The first-order valence-corrected chi connectivity index (χ1v) is 9.02. The third-order valence-electron chi connectivity index (χ3n) is 5.21. The number of aryl methyl sites for hydroxylation is 2. The Morgan fingerprint density at radius 3 is 2.40 bits per heavy atom. The first-order chi connectivity index (χ1) is 11.9. The van der Waals surface area contributed by atoms with Gasteiger partial charge in [-0.15, -0.1) is 0 Å². The zero-order valence-corrected chi connectivity index (χ0v) is 14.9. The average molecular weight is 345 g/mol. The van der Waals surface area contributed by atoms with Crippen molar-refractivity contribution in [2.45, 2.75) is 51.6 Å². The summed E-state index contributed by atoms with van der Waals surface area (Å²) in [5.41, 5.74) is 2.94. The highest BCUT2D eigenvalue weighted by Crippen LogP contribution is 2.33. The van der Waals surface area contributed by atoms with Gasteiger partial charge >= 0.3 is 12.0 Å². The fourth-order valence-electron chi connectivity index (χ4n) is 3.50. The molecule has 2 fully saturated rings. The second kappa shape index (κ2) is 7.44. The van der Waals surface area contributed by atoms with Crippen LogP contribution >= 0.6 is 0 Å². The molecular formula is C19H27N3O3. The smallest absolute Gasteiger partial charge is 0.319 e. The Hall–Kier alpha value is -2.08. The fraction of sp³-hybridized carbons (Fsp3) is 0.579. The number of carbonyl (C=O) groups excluding carboxylic acids is 1. The Morgan fingerprint density at radius 1 is 1.20 bits per heavy atom. The first-order valence-electron chi connectivity index (χ1n) is 9.02. The number of nitrogens with one attached hydrogen (secondary N) is 2. The van der Waals surface area contributed by atoms with E-state index in [2.05, 4.69) is 15.5 Å². The van der Waals surface area contributed by atoms with E-state index < -0.39 is 5.97 Å². The minimum absolute atomic E-state index is 0.0997. The van der Waals surface area contributed by atoms with Crippen LogP contribution < -0.4 is 10.6 Å². The summed E-state index contributed by atoms with van der Waals surface area (Å²) in [5.74, 6) is -0.108. The lowest BCUT2D eigenvalue weighted by molar-refractivity contribution is -0.139. The zero-order chi connectivity index (χ0) is 18.0. The molecule has 2 aliphatic carbocycles. The van der Waals surface area contributed by atoms with Crippen molar-refractivity contribution in [2.75, 3.05) is 18.4 Å². The van der Waals surface area contributed by atoms with Crippen LogP contribution in [0.25, 0.3) is 0 Å². The molecule has 0 bridgehead atoms. The lowest BCUT2D eigenvalue weighted by atomic mass is 9.85. The maximum Gasteiger partial charge on any atom is 0.319 e. The molecule has 136 valence electrons. The Balaban J connectivity index is 1.47. The summed E-state index contributed by atoms with van der Waals surface area (Å²) >= 11 is 0. The number of anilines is 1. The predicted octanol–water partition coefficient (Wildman–Crippen LogP) is 2.75. The molecule has 0 atom stereocenters. The van der Waals surface area contributed by atoms with Crippen LogP contribution in [0.5, 0.6) is 0 Å². The number of carboxylic acids is 1. The molecule has 6 nitrogen and oxygen atoms in total. The number of rotatable bonds is 7. The number of benzene rings is 1. The number of carbonyl (C=O) groups is 2. The summed E-state index contributed by atoms with van der Waals surface area (Å²) in [6.45, 7) is 4.92. The second-order valence-electron chi connectivity index (χ2n) is 7.45. The van der Waals surface area contributed by atoms with Gasteiger partial charge in [-0.3, -0.25) is 9.69 Å². The van der Waals surface area contributed by atoms with Gasteiger partial charge in [0.25, 0.3) is 0 Å². The quantitative estimate of drug-likeness (QED) is 0.710. The maximum atomic E-state index is 12.2. The molecular weight excluding hydrogens is 318 g/mol. The molecule has 2 saturated carbocycles. The van der Waals surface area contributed by atoms with Crippen molar-refractivity contribution in [3.05, 3.63) is 29.3 Å². The van der Waals surface area contributed by atoms with Crippen LogP contribution in [0.3, 0.4) is 0 Å². The average Bonchev–Trinajstić information content (AvgIpc) is 3.29. The van der Waals surface area contributed by atoms with Crippen molar-refractivity contribution in [1.29, 1.82) is 0 Å². The van der Waals surface area contributed by atoms with Crippen LogP contribution in [0, 0.1) is 19.8 Å². The first kappa shape index (κ1) is 17.7. The highest BCUT2D eigenvalue weighted by molar-refractivity contribution is 5.91. The number of hydrogen-bond acceptors (Lipinski definition) is 3. The van der Waals surface area contributed by atoms with Gasteiger partial charge in [0, 0.05) is 24.3 Å². The molecule has 0 aromatic heterocycles. The lowest BCUT2D eigenvalue weighted by Gasteiger charge is -2.42. The van der Waals surface area contributed by atoms with Crippen LogP contribution in [-0.4, -0.2) is 47.2 Å². The normalized spacial score (nSPS) is 22.4. The van der Waals surface area contributed by atoms with Crippen molar-refractivity contribution in [3.8, 4) is 0 Å². The van der Waals surface area contributed by atoms with Crippen molar-refractivity contribution in [3.63, 3.8) is 0 Å². The molecule has 2 amide bonds. The Kier molecular flexibility index (Phi) is 5.27. The monoisotopic (exact) mass is 345 g/mol. The topological polar surface area (TPSA) is 81.7 Å². The summed E-state index contributed by atoms with van der Waals surface area (Å²) in [7, 11) is 0. The summed E-state index contributed by atoms with van der Waals surface area (Å²) in [6, 6.07) is 6.12. The van der Waals surface area contributed by atoms with E-state index in [1.165, 1.54) is 12.8 Å². The van der Waals surface area contributed by atoms with Crippen LogP contribution in [0.1, 0.15) is 36.8 Å². The predicted molar refractivity (Wildman–Crippen MR) is 96.8 cm³/mol. The molecule has 0 heterocycles. The van der Waals surface area contributed by atoms with Gasteiger partial charge in [0.1, 0.15) is 0 Å². The van der Waals surface area contributed by atoms with Gasteiger partial charge in [-0.2, -0.15) is 0 Å². The molecule has 0 unspecified atom stereocenters. The van der Waals surface area contributed by atoms with Gasteiger partial charge < -0.3 is 15.7 Å². The Morgan fingerprint density at radius 2 is 1.84 bits per heavy atom. The summed E-state index contributed by atoms with van der Waals surface area (Å²) in [4.78, 5) is 25.4. The molecule has 3 N–H and O–H groups in total. The SMILES string of the molecule is Cc1cccc(C)c1NC(=O)NC1CC(N(CC(=O)O)CC2CC2)C1. The van der Waals surface area contributed by atoms with E-state index in [9.17, 15) is 9.59 Å². The van der Waals surface area contributed by atoms with Crippen LogP contribution in [0.15, 0.2) is 18.2 Å². The number of amides is 2. The van der Waals surface area contributed by atoms with E-state index in [0.717, 1.165) is 36.2 Å². The van der Waals surface area contributed by atoms with E-state index in [4.69, 9.17) is 5.11 Å². The van der Waals surface area contributed by atoms with Crippen molar-refractivity contribution in [1.82, 2.24) is 10.2 Å². The fourth-order valence-corrected chi connectivity index (χ4v) is 3.50. The standard InChI is InChI=1S/C19H27N3O3/c1-12-4-3-5-13(2)18(12)21-19(25)20-15-8-16(9-15)22(11-17(23)24)10-14-6-7-14/h3-5,14-16H,6-11H2,1-2H3,(H,23,24)(H2,20,21,25). The molecule has 6 heteroatoms. The van der Waals surface area contributed by atoms with Crippen LogP contribution in [0.4, 0.5) is 10.5 Å². The number of aliphatic carboxylic acids is 1. The van der Waals surface area contributed by atoms with E-state index >= 15 is 0 Å². The van der Waals surface area contributed by atoms with E-state index in [0.29, 0.717) is 5.92 Å². The van der Waals surface area contributed by atoms with Gasteiger partial charge in [-0.05, 0) is 56.6 Å². The molecule has 0 saturated heterocycles. The largest absolute Gasteiger partial charge is 0.480 e. The Labute approximate surface area is 148 Å². The molecule has 2 aliphatic rings. The number of carboxylic acid groups (broad SMARTS) is 1. The van der Waals surface area contributed by atoms with Crippen LogP contribution in [-0.2, 0) is 4.79 Å². The molecule has 0 aliphatic heterocycles. The van der Waals surface area contributed by atoms with E-state index in [-0.39, 0.29) is 24.7 Å². The number of hydrogen-bond donors (Lipinski definition) is 3. The van der Waals surface area contributed by atoms with E-state index in [1.54, 1.807) is 0 Å². The van der Waals surface area contributed by atoms with Gasteiger partial charge in [0.15, 0.2) is 0 Å². The molecule has 3 rings (SSSR count). The number of para-hydroxylation sites is 1. The van der Waals surface area contributed by atoms with Gasteiger partial charge in [0.2, 0.25) is 0 Å². The molecule has 0 radical (unpaired) electrons. The van der Waals surface area contributed by atoms with E-state index in [1.807, 2.05) is 32.0 Å². The minimum Gasteiger partial charge on any atom is -0.480 e. The third kappa shape index (κ3) is 4.72. The Bertz CT molecular complexity index is 631. The summed E-state index contributed by atoms with van der Waals surface area (Å²) in [6.07, 6.45) is 4.06. The van der Waals surface area contributed by atoms with Gasteiger partial charge in [-0.25, -0.2) is 4.79 Å². The summed E-state index contributed by atoms with van der Waals surface area (Å²) < 4.78 is 0. The summed E-state index contributed by atoms with van der Waals surface area (Å²) in [5, 5.41) is 15.0. The third-order valence-corrected chi connectivity index (χ3v) is 5.21. The number of nitrogens with zero attached hydrogens (tertiary/aromatic N) is 1. The molecule has 0 spiro atoms. The number of urea groups is 1. The maximum absolute atomic E-state index is 12.2. The highest BCUT2D eigenvalue weighted by Gasteiger charge is 2.37. The van der Waals surface area contributed by atoms with Gasteiger partial charge in [0.05, 0.1) is 6.54 Å². The molecule has 1 aromatic rings. The van der Waals surface area contributed by atoms with Crippen molar-refractivity contribution < 1.29 is 14.7 Å². The van der Waals surface area contributed by atoms with Gasteiger partial charge in [-0.1, -0.05) is 18.2 Å². The van der Waals surface area contributed by atoms with Crippen molar-refractivity contribution in [2.24, 2.45) is 5.92 Å².